The lowest BCUT2D eigenvalue weighted by Crippen LogP contribution is -2.59. The number of likely N-dealkylation sites (tertiary alicyclic amines) is 1. The lowest BCUT2D eigenvalue weighted by Gasteiger charge is -2.40. The van der Waals surface area contributed by atoms with Crippen LogP contribution in [0.15, 0.2) is 30.3 Å². The first kappa shape index (κ1) is 18.2. The van der Waals surface area contributed by atoms with Crippen LogP contribution in [-0.4, -0.2) is 42.6 Å². The summed E-state index contributed by atoms with van der Waals surface area (Å²) >= 11 is 0. The molecule has 4 nitrogen and oxygen atoms in total. The minimum Gasteiger partial charge on any atom is -0.381 e. The number of carbonyl (C=O) groups is 1. The normalized spacial score (nSPS) is 21.5. The van der Waals surface area contributed by atoms with Crippen molar-refractivity contribution >= 4 is 18.3 Å². The van der Waals surface area contributed by atoms with Crippen molar-refractivity contribution in [1.29, 1.82) is 0 Å². The second-order valence-corrected chi connectivity index (χ2v) is 6.69. The number of halogens is 1. The van der Waals surface area contributed by atoms with Crippen LogP contribution in [0.2, 0.25) is 0 Å². The fourth-order valence-corrected chi connectivity index (χ4v) is 3.55. The largest absolute Gasteiger partial charge is 0.381 e. The van der Waals surface area contributed by atoms with Gasteiger partial charge in [0, 0.05) is 26.3 Å². The molecular weight excluding hydrogens is 312 g/mol. The highest BCUT2D eigenvalue weighted by molar-refractivity contribution is 5.86. The average molecular weight is 339 g/mol. The van der Waals surface area contributed by atoms with Gasteiger partial charge < -0.3 is 15.4 Å². The van der Waals surface area contributed by atoms with Gasteiger partial charge >= 0.3 is 0 Å². The fourth-order valence-electron chi connectivity index (χ4n) is 3.55. The van der Waals surface area contributed by atoms with E-state index in [1.54, 1.807) is 0 Å². The van der Waals surface area contributed by atoms with E-state index in [-0.39, 0.29) is 18.3 Å². The topological polar surface area (TPSA) is 55.6 Å². The van der Waals surface area contributed by atoms with Crippen LogP contribution in [0, 0.1) is 5.92 Å². The van der Waals surface area contributed by atoms with E-state index in [9.17, 15) is 4.79 Å². The van der Waals surface area contributed by atoms with Gasteiger partial charge in [0.25, 0.3) is 0 Å². The van der Waals surface area contributed by atoms with Gasteiger partial charge in [-0.05, 0) is 43.6 Å². The molecule has 2 fully saturated rings. The zero-order valence-corrected chi connectivity index (χ0v) is 14.4. The first-order valence-corrected chi connectivity index (χ1v) is 8.37. The Labute approximate surface area is 144 Å². The molecule has 0 aliphatic carbocycles. The molecule has 23 heavy (non-hydrogen) atoms. The monoisotopic (exact) mass is 338 g/mol. The van der Waals surface area contributed by atoms with Crippen LogP contribution in [0.5, 0.6) is 0 Å². The lowest BCUT2D eigenvalue weighted by molar-refractivity contribution is -0.142. The number of nitrogens with two attached hydrogens (primary N) is 1. The van der Waals surface area contributed by atoms with E-state index in [0.29, 0.717) is 32.0 Å². The van der Waals surface area contributed by atoms with Crippen molar-refractivity contribution < 1.29 is 9.53 Å². The van der Waals surface area contributed by atoms with Crippen LogP contribution in [0.3, 0.4) is 0 Å². The molecule has 0 unspecified atom stereocenters. The van der Waals surface area contributed by atoms with Crippen molar-refractivity contribution in [2.24, 2.45) is 11.7 Å². The Bertz CT molecular complexity index is 495. The first-order chi connectivity index (χ1) is 10.7. The van der Waals surface area contributed by atoms with Crippen molar-refractivity contribution in [2.75, 3.05) is 26.3 Å². The molecule has 2 N–H and O–H groups in total. The molecule has 0 bridgehead atoms. The second-order valence-electron chi connectivity index (χ2n) is 6.69. The second kappa shape index (κ2) is 8.13. The molecule has 0 aromatic heterocycles. The average Bonchev–Trinajstić information content (AvgIpc) is 2.56. The minimum absolute atomic E-state index is 0. The quantitative estimate of drug-likeness (QED) is 0.920. The fraction of sp³-hybridized carbons (Fsp3) is 0.611. The number of piperidine rings is 1. The number of hydrogen-bond acceptors (Lipinski definition) is 3. The Balaban J connectivity index is 0.00000192. The third-order valence-corrected chi connectivity index (χ3v) is 5.08. The Morgan fingerprint density at radius 2 is 1.78 bits per heavy atom. The van der Waals surface area contributed by atoms with Gasteiger partial charge in [-0.3, -0.25) is 4.79 Å². The van der Waals surface area contributed by atoms with Gasteiger partial charge in [-0.15, -0.1) is 12.4 Å². The highest BCUT2D eigenvalue weighted by atomic mass is 35.5. The number of benzene rings is 1. The van der Waals surface area contributed by atoms with Gasteiger partial charge in [-0.1, -0.05) is 30.3 Å². The molecule has 128 valence electrons. The van der Waals surface area contributed by atoms with E-state index in [0.717, 1.165) is 32.4 Å². The third-order valence-electron chi connectivity index (χ3n) is 5.08. The zero-order valence-electron chi connectivity index (χ0n) is 13.6. The summed E-state index contributed by atoms with van der Waals surface area (Å²) in [5.74, 6) is 0.809. The summed E-state index contributed by atoms with van der Waals surface area (Å²) in [5, 5.41) is 0. The number of nitrogens with zero attached hydrogens (tertiary/aromatic N) is 1. The molecule has 2 heterocycles. The Morgan fingerprint density at radius 1 is 1.17 bits per heavy atom. The van der Waals surface area contributed by atoms with Crippen LogP contribution >= 0.6 is 12.4 Å². The Kier molecular flexibility index (Phi) is 6.45. The van der Waals surface area contributed by atoms with E-state index in [4.69, 9.17) is 10.5 Å². The van der Waals surface area contributed by atoms with Gasteiger partial charge in [0.05, 0.1) is 5.54 Å². The molecule has 2 saturated heterocycles. The maximum atomic E-state index is 12.7. The molecule has 1 aromatic carbocycles. The van der Waals surface area contributed by atoms with E-state index >= 15 is 0 Å². The van der Waals surface area contributed by atoms with E-state index in [1.807, 2.05) is 4.90 Å². The molecule has 1 aromatic rings. The highest BCUT2D eigenvalue weighted by Crippen LogP contribution is 2.26. The lowest BCUT2D eigenvalue weighted by atomic mass is 9.86. The molecule has 0 radical (unpaired) electrons. The molecule has 2 aliphatic rings. The predicted octanol–water partition coefficient (Wildman–Crippen LogP) is 2.40. The zero-order chi connectivity index (χ0) is 15.4. The minimum atomic E-state index is -0.690. The molecule has 3 rings (SSSR count). The number of amides is 1. The first-order valence-electron chi connectivity index (χ1n) is 8.37. The third kappa shape index (κ3) is 4.46. The molecule has 0 saturated carbocycles. The summed E-state index contributed by atoms with van der Waals surface area (Å²) in [6.07, 6.45) is 4.57. The maximum Gasteiger partial charge on any atom is 0.242 e. The predicted molar refractivity (Wildman–Crippen MR) is 93.7 cm³/mol. The van der Waals surface area contributed by atoms with E-state index in [1.165, 1.54) is 5.56 Å². The van der Waals surface area contributed by atoms with Crippen molar-refractivity contribution in [3.05, 3.63) is 35.9 Å². The summed E-state index contributed by atoms with van der Waals surface area (Å²) in [5.41, 5.74) is 7.03. The van der Waals surface area contributed by atoms with Crippen molar-refractivity contribution in [1.82, 2.24) is 4.90 Å². The van der Waals surface area contributed by atoms with Crippen molar-refractivity contribution in [2.45, 2.75) is 37.6 Å². The van der Waals surface area contributed by atoms with E-state index in [2.05, 4.69) is 30.3 Å². The molecule has 0 spiro atoms. The van der Waals surface area contributed by atoms with Crippen LogP contribution in [0.1, 0.15) is 31.2 Å². The standard InChI is InChI=1S/C18H26N2O2.ClH/c19-18(8-12-22-13-9-18)17(21)20-10-6-16(7-11-20)14-15-4-2-1-3-5-15;/h1-5,16H,6-14,19H2;1H. The molecule has 5 heteroatoms. The van der Waals surface area contributed by atoms with Crippen molar-refractivity contribution in [3.8, 4) is 0 Å². The van der Waals surface area contributed by atoms with Crippen LogP contribution in [-0.2, 0) is 16.0 Å². The molecule has 2 aliphatic heterocycles. The maximum absolute atomic E-state index is 12.7. The SMILES string of the molecule is Cl.NC1(C(=O)N2CCC(Cc3ccccc3)CC2)CCOCC1. The highest BCUT2D eigenvalue weighted by Gasteiger charge is 2.39. The summed E-state index contributed by atoms with van der Waals surface area (Å²) in [6.45, 7) is 2.89. The summed E-state index contributed by atoms with van der Waals surface area (Å²) in [6, 6.07) is 10.6. The number of rotatable bonds is 3. The van der Waals surface area contributed by atoms with Gasteiger partial charge in [-0.2, -0.15) is 0 Å². The van der Waals surface area contributed by atoms with Crippen LogP contribution < -0.4 is 5.73 Å². The van der Waals surface area contributed by atoms with Crippen LogP contribution in [0.4, 0.5) is 0 Å². The number of hydrogen-bond donors (Lipinski definition) is 1. The molecular formula is C18H27ClN2O2. The van der Waals surface area contributed by atoms with Gasteiger partial charge in [-0.25, -0.2) is 0 Å². The molecule has 1 amide bonds. The van der Waals surface area contributed by atoms with Gasteiger partial charge in [0.1, 0.15) is 0 Å². The summed E-state index contributed by atoms with van der Waals surface area (Å²) in [4.78, 5) is 14.7. The van der Waals surface area contributed by atoms with Crippen molar-refractivity contribution in [3.63, 3.8) is 0 Å². The Hall–Kier alpha value is -1.10. The summed E-state index contributed by atoms with van der Waals surface area (Å²) < 4.78 is 5.34. The van der Waals surface area contributed by atoms with Crippen LogP contribution in [0.25, 0.3) is 0 Å². The number of ether oxygens (including phenoxy) is 1. The summed E-state index contributed by atoms with van der Waals surface area (Å²) in [7, 11) is 0. The van der Waals surface area contributed by atoms with E-state index < -0.39 is 5.54 Å². The smallest absolute Gasteiger partial charge is 0.242 e. The Morgan fingerprint density at radius 3 is 2.39 bits per heavy atom. The van der Waals surface area contributed by atoms with Gasteiger partial charge in [0.2, 0.25) is 5.91 Å². The van der Waals surface area contributed by atoms with Gasteiger partial charge in [0.15, 0.2) is 0 Å². The molecule has 0 atom stereocenters. The number of carbonyl (C=O) groups excluding carboxylic acids is 1.